The summed E-state index contributed by atoms with van der Waals surface area (Å²) in [6.07, 6.45) is 7.23. The number of fused-ring (bicyclic) bond motifs is 3. The lowest BCUT2D eigenvalue weighted by Gasteiger charge is -2.69. The summed E-state index contributed by atoms with van der Waals surface area (Å²) in [6.45, 7) is 6.23. The number of methoxy groups -OCH3 is 1. The number of esters is 1. The largest absolute Gasteiger partial charge is 0.469 e. The molecule has 144 valence electrons. The van der Waals surface area contributed by atoms with Crippen LogP contribution in [0.1, 0.15) is 51.0 Å². The third kappa shape index (κ3) is 1.54. The van der Waals surface area contributed by atoms with E-state index in [9.17, 15) is 4.79 Å². The zero-order chi connectivity index (χ0) is 18.5. The van der Waals surface area contributed by atoms with E-state index in [1.165, 1.54) is 61.1 Å². The van der Waals surface area contributed by atoms with Crippen molar-refractivity contribution in [2.45, 2.75) is 62.4 Å². The van der Waals surface area contributed by atoms with Crippen LogP contribution in [0.2, 0.25) is 0 Å². The molecule has 0 aromatic heterocycles. The average molecular weight is 368 g/mol. The molecule has 7 rings (SSSR count). The van der Waals surface area contributed by atoms with Gasteiger partial charge in [0.05, 0.1) is 43.6 Å². The number of hydrogen-bond acceptors (Lipinski definition) is 3. The average Bonchev–Trinajstić information content (AvgIpc) is 3.23. The maximum absolute atomic E-state index is 13.1. The molecule has 27 heavy (non-hydrogen) atoms. The van der Waals surface area contributed by atoms with Gasteiger partial charge in [-0.1, -0.05) is 18.2 Å². The summed E-state index contributed by atoms with van der Waals surface area (Å²) in [5.41, 5.74) is 3.04. The van der Waals surface area contributed by atoms with Crippen molar-refractivity contribution < 1.29 is 14.0 Å². The Labute approximate surface area is 161 Å². The van der Waals surface area contributed by atoms with Crippen LogP contribution in [0.15, 0.2) is 24.3 Å². The summed E-state index contributed by atoms with van der Waals surface area (Å²) in [7, 11) is 1.58. The number of carbonyl (C=O) groups excluding carboxylic acids is 1. The summed E-state index contributed by atoms with van der Waals surface area (Å²) in [4.78, 5) is 13.1. The van der Waals surface area contributed by atoms with Crippen LogP contribution in [0, 0.1) is 11.3 Å². The highest BCUT2D eigenvalue weighted by Crippen LogP contribution is 2.75. The highest BCUT2D eigenvalue weighted by molar-refractivity contribution is 5.80. The zero-order valence-corrected chi connectivity index (χ0v) is 16.6. The smallest absolute Gasteiger partial charge is 0.311 e. The van der Waals surface area contributed by atoms with Crippen molar-refractivity contribution in [3.05, 3.63) is 29.8 Å². The molecule has 3 heterocycles. The summed E-state index contributed by atoms with van der Waals surface area (Å²) >= 11 is 0. The minimum absolute atomic E-state index is 0.0132. The number of nitrogens with zero attached hydrogens (tertiary/aromatic N) is 1. The number of para-hydroxylation sites is 1. The molecule has 2 bridgehead atoms. The molecule has 2 saturated heterocycles. The molecule has 1 aromatic carbocycles. The Morgan fingerprint density at radius 1 is 1.22 bits per heavy atom. The van der Waals surface area contributed by atoms with Gasteiger partial charge in [0.25, 0.3) is 0 Å². The maximum atomic E-state index is 13.1. The number of ether oxygens (including phenoxy) is 1. The van der Waals surface area contributed by atoms with Gasteiger partial charge in [-0.25, -0.2) is 0 Å². The maximum Gasteiger partial charge on any atom is 0.311 e. The molecule has 3 saturated carbocycles. The van der Waals surface area contributed by atoms with Gasteiger partial charge in [0.15, 0.2) is 0 Å². The molecule has 0 radical (unpaired) electrons. The molecule has 0 amide bonds. The third-order valence-corrected chi connectivity index (χ3v) is 9.72. The summed E-state index contributed by atoms with van der Waals surface area (Å²) in [5.74, 6) is -0.00543. The van der Waals surface area contributed by atoms with Crippen molar-refractivity contribution in [2.75, 3.05) is 32.1 Å². The lowest BCUT2D eigenvalue weighted by Crippen LogP contribution is -2.80. The Kier molecular flexibility index (Phi) is 2.97. The fraction of sp³-hybridized carbons (Fsp3) is 0.696. The van der Waals surface area contributed by atoms with Crippen molar-refractivity contribution in [3.63, 3.8) is 0 Å². The van der Waals surface area contributed by atoms with Gasteiger partial charge in [-0.2, -0.15) is 0 Å². The lowest BCUT2D eigenvalue weighted by molar-refractivity contribution is -0.955. The van der Waals surface area contributed by atoms with Gasteiger partial charge in [-0.15, -0.1) is 0 Å². The second-order valence-electron chi connectivity index (χ2n) is 9.99. The van der Waals surface area contributed by atoms with Gasteiger partial charge in [-0.05, 0) is 50.7 Å². The van der Waals surface area contributed by atoms with E-state index in [-0.39, 0.29) is 22.8 Å². The quantitative estimate of drug-likeness (QED) is 0.643. The standard InChI is InChI=1S/C23H31N2O2/c1-3-25-13-6-9-21-10-11-23(17(15-21)19(26)27-2)22(12-14-25,20(21)25)16-7-4-5-8-18(16)24-23/h4-5,7-8,17,20,24H,3,6,9-15H2,1-2H3/q+1/t17-,20-,21+,22+,23+,25?/m0/s1. The van der Waals surface area contributed by atoms with Gasteiger partial charge in [-0.3, -0.25) is 4.79 Å². The molecule has 4 nitrogen and oxygen atoms in total. The van der Waals surface area contributed by atoms with E-state index in [0.29, 0.717) is 11.5 Å². The van der Waals surface area contributed by atoms with Crippen molar-refractivity contribution in [1.82, 2.24) is 0 Å². The first-order valence-corrected chi connectivity index (χ1v) is 10.9. The summed E-state index contributed by atoms with van der Waals surface area (Å²) < 4.78 is 6.67. The Morgan fingerprint density at radius 3 is 2.89 bits per heavy atom. The van der Waals surface area contributed by atoms with Crippen molar-refractivity contribution in [2.24, 2.45) is 11.3 Å². The number of piperidine rings is 1. The van der Waals surface area contributed by atoms with Gasteiger partial charge in [0.1, 0.15) is 6.04 Å². The molecule has 6 aliphatic rings. The highest BCUT2D eigenvalue weighted by atomic mass is 16.5. The van der Waals surface area contributed by atoms with E-state index in [1.807, 2.05) is 0 Å². The van der Waals surface area contributed by atoms with Crippen LogP contribution in [-0.2, 0) is 14.9 Å². The van der Waals surface area contributed by atoms with Gasteiger partial charge >= 0.3 is 5.97 Å². The number of quaternary nitrogens is 1. The molecule has 6 atom stereocenters. The number of benzene rings is 1. The van der Waals surface area contributed by atoms with E-state index < -0.39 is 0 Å². The Bertz CT molecular complexity index is 839. The molecule has 1 unspecified atom stereocenters. The molecular formula is C23H31N2O2+. The van der Waals surface area contributed by atoms with E-state index in [1.54, 1.807) is 7.11 Å². The molecule has 1 N–H and O–H groups in total. The fourth-order valence-electron chi connectivity index (χ4n) is 9.07. The monoisotopic (exact) mass is 367 g/mol. The molecule has 4 heteroatoms. The second kappa shape index (κ2) is 4.89. The molecule has 3 aliphatic heterocycles. The van der Waals surface area contributed by atoms with Gasteiger partial charge < -0.3 is 14.5 Å². The molecule has 5 fully saturated rings. The van der Waals surface area contributed by atoms with Gasteiger partial charge in [0.2, 0.25) is 0 Å². The minimum Gasteiger partial charge on any atom is -0.469 e. The zero-order valence-electron chi connectivity index (χ0n) is 16.6. The normalized spacial score (nSPS) is 48.4. The van der Waals surface area contributed by atoms with Crippen LogP contribution in [0.3, 0.4) is 0 Å². The predicted octanol–water partition coefficient (Wildman–Crippen LogP) is 3.46. The summed E-state index contributed by atoms with van der Waals surface area (Å²) in [5, 5.41) is 3.98. The Hall–Kier alpha value is -1.55. The topological polar surface area (TPSA) is 38.3 Å². The van der Waals surface area contributed by atoms with E-state index >= 15 is 0 Å². The Morgan fingerprint density at radius 2 is 2.07 bits per heavy atom. The van der Waals surface area contributed by atoms with Gasteiger partial charge in [0, 0.05) is 17.5 Å². The number of hydrogen-bond donors (Lipinski definition) is 1. The van der Waals surface area contributed by atoms with Crippen molar-refractivity contribution >= 4 is 11.7 Å². The lowest BCUT2D eigenvalue weighted by atomic mass is 9.38. The van der Waals surface area contributed by atoms with Crippen LogP contribution >= 0.6 is 0 Å². The Balaban J connectivity index is 1.66. The van der Waals surface area contributed by atoms with Crippen LogP contribution in [0.4, 0.5) is 5.69 Å². The highest BCUT2D eigenvalue weighted by Gasteiger charge is 2.83. The summed E-state index contributed by atoms with van der Waals surface area (Å²) in [6, 6.07) is 9.62. The predicted molar refractivity (Wildman–Crippen MR) is 104 cm³/mol. The minimum atomic E-state index is -0.150. The number of carbonyl (C=O) groups is 1. The number of likely N-dealkylation sites (N-methyl/N-ethyl adjacent to an activating group) is 1. The first kappa shape index (κ1) is 16.4. The number of anilines is 1. The van der Waals surface area contributed by atoms with Crippen LogP contribution in [0.25, 0.3) is 0 Å². The second-order valence-corrected chi connectivity index (χ2v) is 9.99. The molecular weight excluding hydrogens is 336 g/mol. The van der Waals surface area contributed by atoms with E-state index in [4.69, 9.17) is 4.74 Å². The van der Waals surface area contributed by atoms with E-state index in [0.717, 1.165) is 12.8 Å². The van der Waals surface area contributed by atoms with Crippen LogP contribution in [0.5, 0.6) is 0 Å². The molecule has 3 spiro atoms. The molecule has 3 aliphatic carbocycles. The van der Waals surface area contributed by atoms with Crippen LogP contribution < -0.4 is 5.32 Å². The molecule has 1 aromatic rings. The number of rotatable bonds is 2. The van der Waals surface area contributed by atoms with E-state index in [2.05, 4.69) is 36.5 Å². The van der Waals surface area contributed by atoms with Crippen molar-refractivity contribution in [3.8, 4) is 0 Å². The third-order valence-electron chi connectivity index (χ3n) is 9.72. The van der Waals surface area contributed by atoms with Crippen LogP contribution in [-0.4, -0.2) is 48.8 Å². The SMILES string of the molecule is CC[N+]12CCC[C@]34CC[C@@]5(Nc6ccccc6[C@]5(CC1)[C@H]32)[C@H](C(=O)OC)C4. The first-order valence-electron chi connectivity index (χ1n) is 10.9. The van der Waals surface area contributed by atoms with Crippen molar-refractivity contribution in [1.29, 1.82) is 0 Å². The number of nitrogens with one attached hydrogen (secondary N) is 1. The fourth-order valence-corrected chi connectivity index (χ4v) is 9.07. The first-order chi connectivity index (χ1) is 13.1.